The fourth-order valence-corrected chi connectivity index (χ4v) is 2.66. The minimum atomic E-state index is -0.146. The maximum Gasteiger partial charge on any atom is 0.261 e. The number of benzene rings is 2. The van der Waals surface area contributed by atoms with Crippen molar-refractivity contribution in [3.05, 3.63) is 70.3 Å². The molecule has 25 heavy (non-hydrogen) atoms. The second-order valence-corrected chi connectivity index (χ2v) is 5.83. The molecule has 1 aromatic heterocycles. The molecule has 6 nitrogen and oxygen atoms in total. The van der Waals surface area contributed by atoms with Gasteiger partial charge in [-0.2, -0.15) is 0 Å². The lowest BCUT2D eigenvalue weighted by Crippen LogP contribution is -2.28. The lowest BCUT2D eigenvalue weighted by Gasteiger charge is -2.11. The van der Waals surface area contributed by atoms with Crippen molar-refractivity contribution in [1.82, 2.24) is 14.9 Å². The van der Waals surface area contributed by atoms with E-state index < -0.39 is 0 Å². The first-order chi connectivity index (χ1) is 12.0. The number of amides is 1. The Labute approximate surface area is 144 Å². The molecule has 0 unspecified atom stereocenters. The molecule has 1 amide bonds. The lowest BCUT2D eigenvalue weighted by atomic mass is 10.2. The number of para-hydroxylation sites is 1. The molecular weight excluding hydrogens is 318 g/mol. The fraction of sp³-hybridized carbons (Fsp3) is 0.211. The van der Waals surface area contributed by atoms with Gasteiger partial charge in [-0.1, -0.05) is 24.3 Å². The van der Waals surface area contributed by atoms with Crippen molar-refractivity contribution in [2.75, 3.05) is 0 Å². The molecule has 0 aliphatic carbocycles. The second kappa shape index (κ2) is 7.17. The standard InChI is InChI=1S/C19H19N3O3/c1-13-21-17-5-3-2-4-16(17)19(25)22(13)11-10-18(24)20-12-14-6-8-15(23)9-7-14/h2-9,23H,10-12H2,1H3,(H,20,24). The number of phenolic OH excluding ortho intramolecular Hbond substituents is 1. The molecule has 0 radical (unpaired) electrons. The van der Waals surface area contributed by atoms with Crippen molar-refractivity contribution >= 4 is 16.8 Å². The molecule has 3 rings (SSSR count). The van der Waals surface area contributed by atoms with E-state index in [1.54, 1.807) is 49.4 Å². The fourth-order valence-electron chi connectivity index (χ4n) is 2.66. The molecule has 0 bridgehead atoms. The molecule has 0 atom stereocenters. The third-order valence-electron chi connectivity index (χ3n) is 4.04. The van der Waals surface area contributed by atoms with Gasteiger partial charge < -0.3 is 10.4 Å². The van der Waals surface area contributed by atoms with Gasteiger partial charge in [-0.25, -0.2) is 4.98 Å². The van der Waals surface area contributed by atoms with E-state index in [1.165, 1.54) is 4.57 Å². The van der Waals surface area contributed by atoms with Crippen molar-refractivity contribution < 1.29 is 9.90 Å². The summed E-state index contributed by atoms with van der Waals surface area (Å²) in [7, 11) is 0. The Kier molecular flexibility index (Phi) is 4.79. The number of hydrogen-bond donors (Lipinski definition) is 2. The minimum absolute atomic E-state index is 0.130. The molecular formula is C19H19N3O3. The zero-order valence-electron chi connectivity index (χ0n) is 13.9. The van der Waals surface area contributed by atoms with Crippen LogP contribution in [0.15, 0.2) is 53.3 Å². The number of hydrogen-bond acceptors (Lipinski definition) is 4. The van der Waals surface area contributed by atoms with Gasteiger partial charge in [-0.3, -0.25) is 14.2 Å². The van der Waals surface area contributed by atoms with Crippen LogP contribution in [0, 0.1) is 6.92 Å². The Bertz CT molecular complexity index is 962. The molecule has 2 N–H and O–H groups in total. The van der Waals surface area contributed by atoms with Crippen molar-refractivity contribution in [2.45, 2.75) is 26.4 Å². The summed E-state index contributed by atoms with van der Waals surface area (Å²) in [6.07, 6.45) is 0.193. The van der Waals surface area contributed by atoms with Gasteiger partial charge in [0.15, 0.2) is 0 Å². The Hall–Kier alpha value is -3.15. The summed E-state index contributed by atoms with van der Waals surface area (Å²) in [6.45, 7) is 2.43. The molecule has 0 aliphatic heterocycles. The maximum absolute atomic E-state index is 12.5. The van der Waals surface area contributed by atoms with E-state index >= 15 is 0 Å². The molecule has 0 saturated heterocycles. The van der Waals surface area contributed by atoms with E-state index in [9.17, 15) is 14.7 Å². The summed E-state index contributed by atoms with van der Waals surface area (Å²) in [5.41, 5.74) is 1.43. The zero-order chi connectivity index (χ0) is 17.8. The topological polar surface area (TPSA) is 84.2 Å². The highest BCUT2D eigenvalue weighted by atomic mass is 16.3. The summed E-state index contributed by atoms with van der Waals surface area (Å²) in [5.74, 6) is 0.635. The minimum Gasteiger partial charge on any atom is -0.508 e. The molecule has 3 aromatic rings. The first-order valence-electron chi connectivity index (χ1n) is 8.05. The highest BCUT2D eigenvalue weighted by molar-refractivity contribution is 5.78. The molecule has 0 spiro atoms. The largest absolute Gasteiger partial charge is 0.508 e. The van der Waals surface area contributed by atoms with Crippen LogP contribution < -0.4 is 10.9 Å². The SMILES string of the molecule is Cc1nc2ccccc2c(=O)n1CCC(=O)NCc1ccc(O)cc1. The Morgan fingerprint density at radius 1 is 1.16 bits per heavy atom. The average molecular weight is 337 g/mol. The van der Waals surface area contributed by atoms with E-state index in [-0.39, 0.29) is 30.2 Å². The van der Waals surface area contributed by atoms with Crippen molar-refractivity contribution in [3.8, 4) is 5.75 Å². The zero-order valence-corrected chi connectivity index (χ0v) is 13.9. The van der Waals surface area contributed by atoms with Gasteiger partial charge >= 0.3 is 0 Å². The highest BCUT2D eigenvalue weighted by Crippen LogP contribution is 2.10. The predicted molar refractivity (Wildman–Crippen MR) is 95.3 cm³/mol. The van der Waals surface area contributed by atoms with Gasteiger partial charge in [0.05, 0.1) is 10.9 Å². The molecule has 1 heterocycles. The number of aryl methyl sites for hydroxylation is 1. The smallest absolute Gasteiger partial charge is 0.261 e. The van der Waals surface area contributed by atoms with E-state index in [2.05, 4.69) is 10.3 Å². The monoisotopic (exact) mass is 337 g/mol. The molecule has 128 valence electrons. The van der Waals surface area contributed by atoms with Crippen LogP contribution in [-0.4, -0.2) is 20.6 Å². The van der Waals surface area contributed by atoms with Crippen LogP contribution in [0.4, 0.5) is 0 Å². The highest BCUT2D eigenvalue weighted by Gasteiger charge is 2.09. The summed E-state index contributed by atoms with van der Waals surface area (Å²) >= 11 is 0. The van der Waals surface area contributed by atoms with Crippen LogP contribution >= 0.6 is 0 Å². The summed E-state index contributed by atoms with van der Waals surface area (Å²) in [4.78, 5) is 29.0. The predicted octanol–water partition coefficient (Wildman–Crippen LogP) is 2.12. The number of phenols is 1. The van der Waals surface area contributed by atoms with Gasteiger partial charge in [-0.05, 0) is 36.8 Å². The van der Waals surface area contributed by atoms with Gasteiger partial charge in [0.2, 0.25) is 5.91 Å². The number of carbonyl (C=O) groups is 1. The van der Waals surface area contributed by atoms with E-state index in [0.717, 1.165) is 5.56 Å². The normalized spacial score (nSPS) is 10.8. The van der Waals surface area contributed by atoms with E-state index in [4.69, 9.17) is 0 Å². The molecule has 2 aromatic carbocycles. The first-order valence-corrected chi connectivity index (χ1v) is 8.05. The Morgan fingerprint density at radius 2 is 1.88 bits per heavy atom. The van der Waals surface area contributed by atoms with E-state index in [0.29, 0.717) is 23.3 Å². The van der Waals surface area contributed by atoms with Crippen LogP contribution in [0.25, 0.3) is 10.9 Å². The second-order valence-electron chi connectivity index (χ2n) is 5.83. The van der Waals surface area contributed by atoms with E-state index in [1.807, 2.05) is 6.07 Å². The maximum atomic E-state index is 12.5. The van der Waals surface area contributed by atoms with Gasteiger partial charge in [0, 0.05) is 19.5 Å². The quantitative estimate of drug-likeness (QED) is 0.747. The molecule has 0 fully saturated rings. The number of aromatic hydroxyl groups is 1. The number of nitrogens with one attached hydrogen (secondary N) is 1. The average Bonchev–Trinajstić information content (AvgIpc) is 2.61. The van der Waals surface area contributed by atoms with Gasteiger partial charge in [0.1, 0.15) is 11.6 Å². The summed E-state index contributed by atoms with van der Waals surface area (Å²) in [5, 5.41) is 12.6. The Morgan fingerprint density at radius 3 is 2.64 bits per heavy atom. The van der Waals surface area contributed by atoms with Crippen LogP contribution in [0.2, 0.25) is 0 Å². The van der Waals surface area contributed by atoms with Crippen molar-refractivity contribution in [3.63, 3.8) is 0 Å². The van der Waals surface area contributed by atoms with Crippen molar-refractivity contribution in [1.29, 1.82) is 0 Å². The number of aromatic nitrogens is 2. The number of nitrogens with zero attached hydrogens (tertiary/aromatic N) is 2. The molecule has 0 aliphatic rings. The summed E-state index contributed by atoms with van der Waals surface area (Å²) in [6, 6.07) is 13.8. The van der Waals surface area contributed by atoms with Gasteiger partial charge in [0.25, 0.3) is 5.56 Å². The number of fused-ring (bicyclic) bond motifs is 1. The third-order valence-corrected chi connectivity index (χ3v) is 4.04. The van der Waals surface area contributed by atoms with Crippen LogP contribution in [0.1, 0.15) is 17.8 Å². The lowest BCUT2D eigenvalue weighted by molar-refractivity contribution is -0.121. The summed E-state index contributed by atoms with van der Waals surface area (Å²) < 4.78 is 1.53. The van der Waals surface area contributed by atoms with Crippen LogP contribution in [0.5, 0.6) is 5.75 Å². The van der Waals surface area contributed by atoms with Gasteiger partial charge in [-0.15, -0.1) is 0 Å². The molecule has 6 heteroatoms. The van der Waals surface area contributed by atoms with Crippen LogP contribution in [0.3, 0.4) is 0 Å². The first kappa shape index (κ1) is 16.7. The number of carbonyl (C=O) groups excluding carboxylic acids is 1. The number of rotatable bonds is 5. The molecule has 0 saturated carbocycles. The Balaban J connectivity index is 1.65. The van der Waals surface area contributed by atoms with Crippen LogP contribution in [-0.2, 0) is 17.9 Å². The van der Waals surface area contributed by atoms with Crippen molar-refractivity contribution in [2.24, 2.45) is 0 Å². The third kappa shape index (κ3) is 3.85.